The molecule has 116 valence electrons. The van der Waals surface area contributed by atoms with Crippen LogP contribution in [0.4, 0.5) is 0 Å². The molecule has 1 amide bonds. The summed E-state index contributed by atoms with van der Waals surface area (Å²) in [5.74, 6) is 1.32. The van der Waals surface area contributed by atoms with E-state index in [2.05, 4.69) is 31.1 Å². The van der Waals surface area contributed by atoms with E-state index < -0.39 is 0 Å². The van der Waals surface area contributed by atoms with Crippen LogP contribution in [0.2, 0.25) is 0 Å². The number of piperidine rings is 1. The maximum Gasteiger partial charge on any atom is 0.224 e. The molecule has 2 saturated heterocycles. The molecule has 4 heteroatoms. The van der Waals surface area contributed by atoms with Crippen molar-refractivity contribution in [1.82, 2.24) is 10.2 Å². The van der Waals surface area contributed by atoms with Crippen LogP contribution in [-0.4, -0.2) is 43.0 Å². The Balaban J connectivity index is 1.76. The van der Waals surface area contributed by atoms with Gasteiger partial charge in [0, 0.05) is 25.2 Å². The molecular weight excluding hydrogens is 250 g/mol. The Morgan fingerprint density at radius 2 is 1.90 bits per heavy atom. The van der Waals surface area contributed by atoms with Gasteiger partial charge in [-0.15, -0.1) is 0 Å². The van der Waals surface area contributed by atoms with Crippen molar-refractivity contribution < 1.29 is 4.79 Å². The van der Waals surface area contributed by atoms with E-state index in [-0.39, 0.29) is 11.8 Å². The summed E-state index contributed by atoms with van der Waals surface area (Å²) in [6.07, 6.45) is 6.05. The lowest BCUT2D eigenvalue weighted by molar-refractivity contribution is -0.125. The standard InChI is InChI=1S/C16H31N3O/c1-11(2)6-13(9-17)16(20)18-10-12-7-14-4-5-15(8-12)19(14)3/h11-15H,4-10,17H2,1-3H3,(H,18,20). The van der Waals surface area contributed by atoms with E-state index in [1.807, 2.05) is 0 Å². The number of rotatable bonds is 6. The molecule has 2 bridgehead atoms. The molecule has 2 heterocycles. The first kappa shape index (κ1) is 15.8. The summed E-state index contributed by atoms with van der Waals surface area (Å²) in [5, 5.41) is 3.16. The van der Waals surface area contributed by atoms with Crippen LogP contribution in [-0.2, 0) is 4.79 Å². The Morgan fingerprint density at radius 3 is 2.40 bits per heavy atom. The first-order chi connectivity index (χ1) is 9.51. The highest BCUT2D eigenvalue weighted by Gasteiger charge is 2.38. The summed E-state index contributed by atoms with van der Waals surface area (Å²) < 4.78 is 0. The van der Waals surface area contributed by atoms with Gasteiger partial charge in [0.1, 0.15) is 0 Å². The van der Waals surface area contributed by atoms with Gasteiger partial charge in [0.15, 0.2) is 0 Å². The van der Waals surface area contributed by atoms with Crippen LogP contribution in [0, 0.1) is 17.8 Å². The molecule has 3 N–H and O–H groups in total. The van der Waals surface area contributed by atoms with Crippen LogP contribution in [0.1, 0.15) is 46.0 Å². The SMILES string of the molecule is CC(C)CC(CN)C(=O)NCC1CC2CCC(C1)N2C. The molecule has 3 atom stereocenters. The summed E-state index contributed by atoms with van der Waals surface area (Å²) in [6.45, 7) is 5.59. The third kappa shape index (κ3) is 3.73. The van der Waals surface area contributed by atoms with Gasteiger partial charge < -0.3 is 16.0 Å². The summed E-state index contributed by atoms with van der Waals surface area (Å²) in [5.41, 5.74) is 5.74. The molecule has 0 spiro atoms. The van der Waals surface area contributed by atoms with Gasteiger partial charge in [-0.25, -0.2) is 0 Å². The Morgan fingerprint density at radius 1 is 1.30 bits per heavy atom. The average molecular weight is 281 g/mol. The molecule has 2 rings (SSSR count). The molecule has 0 aromatic carbocycles. The smallest absolute Gasteiger partial charge is 0.224 e. The van der Waals surface area contributed by atoms with Gasteiger partial charge >= 0.3 is 0 Å². The predicted octanol–water partition coefficient (Wildman–Crippen LogP) is 1.60. The highest BCUT2D eigenvalue weighted by molar-refractivity contribution is 5.78. The number of hydrogen-bond donors (Lipinski definition) is 2. The third-order valence-corrected chi connectivity index (χ3v) is 5.17. The minimum absolute atomic E-state index is 0.0158. The largest absolute Gasteiger partial charge is 0.356 e. The summed E-state index contributed by atoms with van der Waals surface area (Å²) in [4.78, 5) is 14.7. The van der Waals surface area contributed by atoms with E-state index in [1.54, 1.807) is 0 Å². The molecule has 4 nitrogen and oxygen atoms in total. The molecule has 0 aromatic heterocycles. The molecule has 0 saturated carbocycles. The van der Waals surface area contributed by atoms with Gasteiger partial charge in [-0.2, -0.15) is 0 Å². The maximum atomic E-state index is 12.2. The molecular formula is C16H31N3O. The number of fused-ring (bicyclic) bond motifs is 2. The number of nitrogens with one attached hydrogen (secondary N) is 1. The fourth-order valence-corrected chi connectivity index (χ4v) is 3.96. The number of nitrogens with zero attached hydrogens (tertiary/aromatic N) is 1. The van der Waals surface area contributed by atoms with E-state index in [0.717, 1.165) is 25.0 Å². The molecule has 2 aliphatic heterocycles. The van der Waals surface area contributed by atoms with Crippen molar-refractivity contribution in [3.05, 3.63) is 0 Å². The van der Waals surface area contributed by atoms with Crippen LogP contribution < -0.4 is 11.1 Å². The fraction of sp³-hybridized carbons (Fsp3) is 0.938. The second-order valence-electron chi connectivity index (χ2n) is 7.20. The van der Waals surface area contributed by atoms with Gasteiger partial charge in [0.2, 0.25) is 5.91 Å². The zero-order valence-corrected chi connectivity index (χ0v) is 13.3. The first-order valence-corrected chi connectivity index (χ1v) is 8.21. The molecule has 3 unspecified atom stereocenters. The van der Waals surface area contributed by atoms with E-state index >= 15 is 0 Å². The van der Waals surface area contributed by atoms with Crippen molar-refractivity contribution in [3.63, 3.8) is 0 Å². The Bertz CT molecular complexity index is 318. The molecule has 0 aromatic rings. The topological polar surface area (TPSA) is 58.4 Å². The molecule has 2 fully saturated rings. The quantitative estimate of drug-likeness (QED) is 0.777. The van der Waals surface area contributed by atoms with E-state index in [1.165, 1.54) is 25.7 Å². The van der Waals surface area contributed by atoms with Gasteiger partial charge in [0.25, 0.3) is 0 Å². The number of carbonyl (C=O) groups excluding carboxylic acids is 1. The Labute approximate surface area is 123 Å². The van der Waals surface area contributed by atoms with Crippen LogP contribution >= 0.6 is 0 Å². The monoisotopic (exact) mass is 281 g/mol. The van der Waals surface area contributed by atoms with Gasteiger partial charge in [0.05, 0.1) is 5.92 Å². The summed E-state index contributed by atoms with van der Waals surface area (Å²) in [7, 11) is 2.25. The number of carbonyl (C=O) groups is 1. The fourth-order valence-electron chi connectivity index (χ4n) is 3.96. The second-order valence-corrected chi connectivity index (χ2v) is 7.20. The first-order valence-electron chi connectivity index (χ1n) is 8.21. The molecule has 20 heavy (non-hydrogen) atoms. The maximum absolute atomic E-state index is 12.2. The average Bonchev–Trinajstić information content (AvgIpc) is 2.65. The number of nitrogens with two attached hydrogens (primary N) is 1. The lowest BCUT2D eigenvalue weighted by atomic mass is 9.90. The Kier molecular flexibility index (Phi) is 5.44. The number of amides is 1. The number of hydrogen-bond acceptors (Lipinski definition) is 3. The van der Waals surface area contributed by atoms with Crippen molar-refractivity contribution in [2.24, 2.45) is 23.5 Å². The zero-order chi connectivity index (χ0) is 14.7. The van der Waals surface area contributed by atoms with E-state index in [0.29, 0.717) is 18.4 Å². The third-order valence-electron chi connectivity index (χ3n) is 5.17. The Hall–Kier alpha value is -0.610. The lowest BCUT2D eigenvalue weighted by Gasteiger charge is -2.36. The van der Waals surface area contributed by atoms with Gasteiger partial charge in [-0.05, 0) is 51.0 Å². The van der Waals surface area contributed by atoms with Crippen molar-refractivity contribution in [3.8, 4) is 0 Å². The molecule has 2 aliphatic rings. The van der Waals surface area contributed by atoms with E-state index in [9.17, 15) is 4.79 Å². The minimum atomic E-state index is -0.0158. The lowest BCUT2D eigenvalue weighted by Crippen LogP contribution is -2.44. The zero-order valence-electron chi connectivity index (χ0n) is 13.3. The van der Waals surface area contributed by atoms with Gasteiger partial charge in [-0.3, -0.25) is 4.79 Å². The van der Waals surface area contributed by atoms with Crippen LogP contribution in [0.3, 0.4) is 0 Å². The normalized spacial score (nSPS) is 31.6. The summed E-state index contributed by atoms with van der Waals surface area (Å²) in [6, 6.07) is 1.49. The van der Waals surface area contributed by atoms with Crippen molar-refractivity contribution in [2.45, 2.75) is 58.0 Å². The van der Waals surface area contributed by atoms with Gasteiger partial charge in [-0.1, -0.05) is 13.8 Å². The second kappa shape index (κ2) is 6.90. The summed E-state index contributed by atoms with van der Waals surface area (Å²) >= 11 is 0. The highest BCUT2D eigenvalue weighted by Crippen LogP contribution is 2.37. The van der Waals surface area contributed by atoms with Crippen molar-refractivity contribution in [1.29, 1.82) is 0 Å². The molecule has 0 aliphatic carbocycles. The highest BCUT2D eigenvalue weighted by atomic mass is 16.1. The van der Waals surface area contributed by atoms with Crippen LogP contribution in [0.15, 0.2) is 0 Å². The van der Waals surface area contributed by atoms with Crippen LogP contribution in [0.5, 0.6) is 0 Å². The minimum Gasteiger partial charge on any atom is -0.356 e. The molecule has 0 radical (unpaired) electrons. The van der Waals surface area contributed by atoms with Crippen molar-refractivity contribution >= 4 is 5.91 Å². The van der Waals surface area contributed by atoms with Crippen LogP contribution in [0.25, 0.3) is 0 Å². The van der Waals surface area contributed by atoms with Crippen molar-refractivity contribution in [2.75, 3.05) is 20.1 Å². The van der Waals surface area contributed by atoms with E-state index in [4.69, 9.17) is 5.73 Å². The predicted molar refractivity (Wildman–Crippen MR) is 82.3 cm³/mol.